The third-order valence-electron chi connectivity index (χ3n) is 3.02. The number of nitrogens with one attached hydrogen (secondary N) is 1. The van der Waals surface area contributed by atoms with Gasteiger partial charge in [-0.1, -0.05) is 0 Å². The van der Waals surface area contributed by atoms with Gasteiger partial charge in [-0.3, -0.25) is 4.90 Å². The van der Waals surface area contributed by atoms with Crippen LogP contribution in [0.15, 0.2) is 6.33 Å². The summed E-state index contributed by atoms with van der Waals surface area (Å²) in [5.74, 6) is 0. The molecule has 0 saturated heterocycles. The molecule has 16 heavy (non-hydrogen) atoms. The van der Waals surface area contributed by atoms with E-state index in [0.717, 1.165) is 31.7 Å². The Kier molecular flexibility index (Phi) is 2.49. The highest BCUT2D eigenvalue weighted by Gasteiger charge is 2.19. The van der Waals surface area contributed by atoms with Crippen molar-refractivity contribution < 1.29 is 0 Å². The summed E-state index contributed by atoms with van der Waals surface area (Å²) in [5, 5.41) is 0. The van der Waals surface area contributed by atoms with Gasteiger partial charge >= 0.3 is 0 Å². The van der Waals surface area contributed by atoms with Crippen molar-refractivity contribution in [3.05, 3.63) is 33.8 Å². The van der Waals surface area contributed by atoms with Crippen LogP contribution < -0.4 is 0 Å². The fraction of sp³-hybridized carbons (Fsp3) is 0.455. The van der Waals surface area contributed by atoms with Gasteiger partial charge < -0.3 is 4.98 Å². The third kappa shape index (κ3) is 1.76. The number of imidazole rings is 1. The number of aromatic amines is 1. The molecular weight excluding hydrogens is 220 g/mol. The summed E-state index contributed by atoms with van der Waals surface area (Å²) in [4.78, 5) is 15.5. The average molecular weight is 233 g/mol. The van der Waals surface area contributed by atoms with Crippen LogP contribution in [0, 0.1) is 12.4 Å². The fourth-order valence-electron chi connectivity index (χ4n) is 2.03. The van der Waals surface area contributed by atoms with Crippen LogP contribution >= 0.6 is 11.3 Å². The lowest BCUT2D eigenvalue weighted by atomic mass is 10.1. The van der Waals surface area contributed by atoms with E-state index in [0.29, 0.717) is 0 Å². The molecule has 1 N–H and O–H groups in total. The van der Waals surface area contributed by atoms with Crippen molar-refractivity contribution >= 4 is 11.3 Å². The quantitative estimate of drug-likeness (QED) is 0.855. The second-order valence-corrected chi connectivity index (χ2v) is 4.98. The van der Waals surface area contributed by atoms with Gasteiger partial charge in [0.05, 0.1) is 23.4 Å². The minimum absolute atomic E-state index is 0.948. The molecular formula is C11H13N4S. The largest absolute Gasteiger partial charge is 0.347 e. The van der Waals surface area contributed by atoms with Crippen LogP contribution in [0.2, 0.25) is 0 Å². The lowest BCUT2D eigenvalue weighted by Crippen LogP contribution is -2.29. The summed E-state index contributed by atoms with van der Waals surface area (Å²) < 4.78 is 0. The number of nitrogens with zero attached hydrogens (tertiary/aromatic N) is 3. The van der Waals surface area contributed by atoms with Crippen LogP contribution in [0.1, 0.15) is 22.0 Å². The molecule has 1 radical (unpaired) electrons. The van der Waals surface area contributed by atoms with Gasteiger partial charge in [0, 0.05) is 30.9 Å². The molecule has 0 atom stereocenters. The molecule has 0 amide bonds. The molecule has 83 valence electrons. The van der Waals surface area contributed by atoms with Gasteiger partial charge in [0.2, 0.25) is 0 Å². The molecule has 0 saturated carbocycles. The number of fused-ring (bicyclic) bond motifs is 1. The number of aromatic nitrogens is 3. The zero-order chi connectivity index (χ0) is 11.0. The number of thiazole rings is 1. The summed E-state index contributed by atoms with van der Waals surface area (Å²) >= 11 is 1.64. The molecule has 2 aromatic rings. The third-order valence-corrected chi connectivity index (χ3v) is 3.81. The summed E-state index contributed by atoms with van der Waals surface area (Å²) in [6.07, 6.45) is 2.81. The molecule has 0 spiro atoms. The summed E-state index contributed by atoms with van der Waals surface area (Å²) in [5.41, 5.74) is 6.53. The van der Waals surface area contributed by atoms with Gasteiger partial charge in [-0.15, -0.1) is 11.3 Å². The van der Waals surface area contributed by atoms with Crippen LogP contribution in [0.5, 0.6) is 0 Å². The number of aryl methyl sites for hydroxylation is 1. The molecule has 2 aromatic heterocycles. The molecule has 1 aliphatic heterocycles. The zero-order valence-corrected chi connectivity index (χ0v) is 9.97. The molecule has 3 rings (SSSR count). The maximum atomic E-state index is 4.25. The highest BCUT2D eigenvalue weighted by Crippen LogP contribution is 2.22. The Balaban J connectivity index is 1.73. The van der Waals surface area contributed by atoms with Gasteiger partial charge in [-0.2, -0.15) is 0 Å². The van der Waals surface area contributed by atoms with Crippen molar-refractivity contribution in [2.75, 3.05) is 6.54 Å². The Morgan fingerprint density at radius 3 is 3.38 bits per heavy atom. The second kappa shape index (κ2) is 3.99. The molecule has 0 aromatic carbocycles. The Morgan fingerprint density at radius 1 is 1.62 bits per heavy atom. The molecule has 0 aliphatic carbocycles. The van der Waals surface area contributed by atoms with Crippen LogP contribution in [0.3, 0.4) is 0 Å². The molecule has 1 aliphatic rings. The number of hydrogen-bond donors (Lipinski definition) is 1. The summed E-state index contributed by atoms with van der Waals surface area (Å²) in [6, 6.07) is 0. The van der Waals surface area contributed by atoms with Gasteiger partial charge in [0.15, 0.2) is 5.51 Å². The van der Waals surface area contributed by atoms with E-state index in [4.69, 9.17) is 0 Å². The first-order chi connectivity index (χ1) is 7.83. The van der Waals surface area contributed by atoms with Gasteiger partial charge in [-0.25, -0.2) is 9.97 Å². The van der Waals surface area contributed by atoms with E-state index >= 15 is 0 Å². The monoisotopic (exact) mass is 233 g/mol. The van der Waals surface area contributed by atoms with E-state index in [2.05, 4.69) is 25.4 Å². The summed E-state index contributed by atoms with van der Waals surface area (Å²) in [7, 11) is 0. The first kappa shape index (κ1) is 9.99. The minimum atomic E-state index is 0.948. The lowest BCUT2D eigenvalue weighted by molar-refractivity contribution is 0.244. The molecule has 0 bridgehead atoms. The molecule has 0 fully saturated rings. The minimum Gasteiger partial charge on any atom is -0.347 e. The fourth-order valence-corrected chi connectivity index (χ4v) is 2.81. The van der Waals surface area contributed by atoms with E-state index in [1.807, 2.05) is 6.92 Å². The zero-order valence-electron chi connectivity index (χ0n) is 9.16. The first-order valence-electron chi connectivity index (χ1n) is 5.39. The van der Waals surface area contributed by atoms with Crippen LogP contribution in [0.25, 0.3) is 0 Å². The Bertz CT molecular complexity index is 488. The van der Waals surface area contributed by atoms with Crippen molar-refractivity contribution in [3.8, 4) is 0 Å². The Morgan fingerprint density at radius 2 is 2.56 bits per heavy atom. The van der Waals surface area contributed by atoms with Crippen molar-refractivity contribution in [1.82, 2.24) is 19.9 Å². The smallest absolute Gasteiger partial charge is 0.152 e. The number of H-pyrrole nitrogens is 1. The second-order valence-electron chi connectivity index (χ2n) is 4.10. The van der Waals surface area contributed by atoms with Crippen LogP contribution in [-0.4, -0.2) is 26.4 Å². The highest BCUT2D eigenvalue weighted by molar-refractivity contribution is 7.09. The van der Waals surface area contributed by atoms with Crippen molar-refractivity contribution in [1.29, 1.82) is 0 Å². The topological polar surface area (TPSA) is 44.8 Å². The summed E-state index contributed by atoms with van der Waals surface area (Å²) in [6.45, 7) is 5.06. The van der Waals surface area contributed by atoms with E-state index in [1.54, 1.807) is 17.7 Å². The predicted octanol–water partition coefficient (Wildman–Crippen LogP) is 1.53. The van der Waals surface area contributed by atoms with Crippen LogP contribution in [-0.2, 0) is 19.5 Å². The van der Waals surface area contributed by atoms with Crippen molar-refractivity contribution in [2.45, 2.75) is 26.4 Å². The van der Waals surface area contributed by atoms with Crippen molar-refractivity contribution in [2.24, 2.45) is 0 Å². The van der Waals surface area contributed by atoms with Crippen molar-refractivity contribution in [3.63, 3.8) is 0 Å². The van der Waals surface area contributed by atoms with E-state index in [-0.39, 0.29) is 0 Å². The van der Waals surface area contributed by atoms with E-state index in [1.165, 1.54) is 16.3 Å². The van der Waals surface area contributed by atoms with Gasteiger partial charge in [-0.05, 0) is 6.92 Å². The van der Waals surface area contributed by atoms with Gasteiger partial charge in [0.25, 0.3) is 0 Å². The average Bonchev–Trinajstić information content (AvgIpc) is 2.88. The van der Waals surface area contributed by atoms with E-state index < -0.39 is 0 Å². The van der Waals surface area contributed by atoms with Crippen LogP contribution in [0.4, 0.5) is 0 Å². The normalized spacial score (nSPS) is 16.3. The maximum Gasteiger partial charge on any atom is 0.152 e. The van der Waals surface area contributed by atoms with E-state index in [9.17, 15) is 0 Å². The maximum absolute atomic E-state index is 4.25. The Hall–Kier alpha value is -1.20. The molecule has 0 unspecified atom stereocenters. The standard InChI is InChI=1S/C11H13N4S/c1-8-10(13-6-12-8)4-15-3-2-9-11(5-15)16-7-14-9/h6H,2-5H2,1H3,(H,12,13). The predicted molar refractivity (Wildman–Crippen MR) is 62.1 cm³/mol. The van der Waals surface area contributed by atoms with Gasteiger partial charge in [0.1, 0.15) is 0 Å². The SMILES string of the molecule is Cc1nc[nH]c1CN1CCc2n[c]sc2C1. The molecule has 5 heteroatoms. The lowest BCUT2D eigenvalue weighted by Gasteiger charge is -2.25. The molecule has 4 nitrogen and oxygen atoms in total. The Labute approximate surface area is 98.4 Å². The number of rotatable bonds is 2. The number of hydrogen-bond acceptors (Lipinski definition) is 4. The first-order valence-corrected chi connectivity index (χ1v) is 6.20. The highest BCUT2D eigenvalue weighted by atomic mass is 32.1. The molecule has 3 heterocycles.